The molecule has 0 spiro atoms. The molecule has 0 aromatic carbocycles. The van der Waals surface area contributed by atoms with Gasteiger partial charge in [0.1, 0.15) is 61.0 Å². The van der Waals surface area contributed by atoms with Crippen LogP contribution >= 0.6 is 0 Å². The number of carbonyl (C=O) groups is 2. The average Bonchev–Trinajstić information content (AvgIpc) is 3.27. The highest BCUT2D eigenvalue weighted by molar-refractivity contribution is 5.79. The number of fused-ring (bicyclic) bond motifs is 7. The van der Waals surface area contributed by atoms with E-state index >= 15 is 0 Å². The Hall–Kier alpha value is -1.88. The number of carbonyl (C=O) groups excluding carboxylic acids is 2. The number of rotatable bonds is 8. The monoisotopic (exact) mass is 955 g/mol. The summed E-state index contributed by atoms with van der Waals surface area (Å²) >= 11 is 0. The fourth-order valence-electron chi connectivity index (χ4n) is 15.1. The lowest BCUT2D eigenvalue weighted by Gasteiger charge is -2.71. The van der Waals surface area contributed by atoms with E-state index in [0.717, 1.165) is 52.1 Å². The van der Waals surface area contributed by atoms with Crippen LogP contribution in [0.25, 0.3) is 0 Å². The Bertz CT molecular complexity index is 1880. The Morgan fingerprint density at radius 2 is 1.31 bits per heavy atom. The van der Waals surface area contributed by atoms with E-state index in [-0.39, 0.29) is 39.4 Å². The summed E-state index contributed by atoms with van der Waals surface area (Å²) in [6, 6.07) is 0. The first-order valence-electron chi connectivity index (χ1n) is 24.5. The summed E-state index contributed by atoms with van der Waals surface area (Å²) < 4.78 is 40.8. The number of aliphatic hydroxyl groups excluding tert-OH is 9. The number of hydrogen-bond donors (Lipinski definition) is 9. The molecule has 0 aromatic heterocycles. The minimum Gasteiger partial charge on any atom is -0.467 e. The van der Waals surface area contributed by atoms with E-state index in [9.17, 15) is 55.5 Å². The molecular weight excluding hydrogens is 877 g/mol. The van der Waals surface area contributed by atoms with E-state index in [1.165, 1.54) is 12.5 Å². The highest BCUT2D eigenvalue weighted by atomic mass is 16.7. The molecule has 5 aliphatic carbocycles. The lowest BCUT2D eigenvalue weighted by molar-refractivity contribution is -0.361. The fraction of sp³-hybridized carbons (Fsp3) is 0.918. The van der Waals surface area contributed by atoms with Crippen LogP contribution in [0.5, 0.6) is 0 Å². The Morgan fingerprint density at radius 1 is 0.687 bits per heavy atom. The minimum absolute atomic E-state index is 0.0595. The van der Waals surface area contributed by atoms with Crippen LogP contribution < -0.4 is 0 Å². The zero-order chi connectivity index (χ0) is 49.1. The van der Waals surface area contributed by atoms with Crippen LogP contribution in [-0.2, 0) is 42.7 Å². The van der Waals surface area contributed by atoms with Crippen molar-refractivity contribution in [3.05, 3.63) is 11.6 Å². The van der Waals surface area contributed by atoms with Gasteiger partial charge in [0, 0.05) is 0 Å². The Labute approximate surface area is 393 Å². The predicted octanol–water partition coefficient (Wildman–Crippen LogP) is 1.35. The van der Waals surface area contributed by atoms with Crippen LogP contribution in [0.1, 0.15) is 120 Å². The van der Waals surface area contributed by atoms with Crippen molar-refractivity contribution < 1.29 is 88.7 Å². The third-order valence-electron chi connectivity index (χ3n) is 19.4. The number of ether oxygens (including phenoxy) is 7. The van der Waals surface area contributed by atoms with E-state index < -0.39 is 128 Å². The molecule has 8 rings (SSSR count). The standard InChI is InChI=1S/C49H78O18/c1-22-29(51)31(53)34(56)40(62-22)65-37-33(55)36(58)42(66-38(37)39(59)61-9)64-28-13-14-46(6)26(45(28,4)5)12-15-48(8)27(46)11-10-23-24-20-44(2,3)16-18-49(24,19-17-47(23,48)7)43(60)67-41-35(57)32(54)30(52)25(21-50)63-41/h10,22,24-38,40-42,50-58H,11-21H2,1-9H3/t22-,24-,25+,26-,27+,28-,29-,30+,31+,32-,33+,34+,35+,36+,37-,38-,40-,41-,42+,46-,47+,48+,49-/m0/s1. The van der Waals surface area contributed by atoms with Gasteiger partial charge in [0.05, 0.1) is 31.3 Å². The van der Waals surface area contributed by atoms with Gasteiger partial charge in [-0.05, 0) is 116 Å². The molecule has 23 atom stereocenters. The number of methoxy groups -OCH3 is 1. The smallest absolute Gasteiger partial charge is 0.337 e. The lowest BCUT2D eigenvalue weighted by atomic mass is 9.33. The molecule has 0 bridgehead atoms. The molecule has 4 saturated carbocycles. The van der Waals surface area contributed by atoms with Crippen LogP contribution in [0.2, 0.25) is 0 Å². The second-order valence-electron chi connectivity index (χ2n) is 23.7. The van der Waals surface area contributed by atoms with E-state index in [4.69, 9.17) is 33.2 Å². The summed E-state index contributed by atoms with van der Waals surface area (Å²) in [6.07, 6.45) is -13.8. The Balaban J connectivity index is 1.01. The summed E-state index contributed by atoms with van der Waals surface area (Å²) in [5.41, 5.74) is -0.717. The van der Waals surface area contributed by atoms with Crippen molar-refractivity contribution in [2.24, 2.45) is 50.2 Å². The molecule has 8 aliphatic rings. The Kier molecular flexibility index (Phi) is 13.8. The van der Waals surface area contributed by atoms with Gasteiger partial charge in [-0.1, -0.05) is 60.1 Å². The van der Waals surface area contributed by atoms with Crippen molar-refractivity contribution in [3.8, 4) is 0 Å². The molecule has 0 radical (unpaired) electrons. The highest BCUT2D eigenvalue weighted by Gasteiger charge is 2.70. The van der Waals surface area contributed by atoms with E-state index in [2.05, 4.69) is 54.5 Å². The summed E-state index contributed by atoms with van der Waals surface area (Å²) in [4.78, 5) is 27.9. The molecule has 7 fully saturated rings. The normalized spacial score (nSPS) is 52.6. The fourth-order valence-corrected chi connectivity index (χ4v) is 15.1. The quantitative estimate of drug-likeness (QED) is 0.0943. The van der Waals surface area contributed by atoms with Crippen molar-refractivity contribution in [3.63, 3.8) is 0 Å². The van der Waals surface area contributed by atoms with Crippen LogP contribution in [0, 0.1) is 50.2 Å². The van der Waals surface area contributed by atoms with Crippen LogP contribution in [0.15, 0.2) is 11.6 Å². The second kappa shape index (κ2) is 18.0. The van der Waals surface area contributed by atoms with Gasteiger partial charge in [-0.2, -0.15) is 0 Å². The van der Waals surface area contributed by atoms with Crippen molar-refractivity contribution in [1.82, 2.24) is 0 Å². The van der Waals surface area contributed by atoms with Crippen molar-refractivity contribution in [2.75, 3.05) is 13.7 Å². The molecule has 9 N–H and O–H groups in total. The molecule has 18 nitrogen and oxygen atoms in total. The first-order valence-corrected chi connectivity index (χ1v) is 24.5. The van der Waals surface area contributed by atoms with Gasteiger partial charge in [-0.15, -0.1) is 0 Å². The summed E-state index contributed by atoms with van der Waals surface area (Å²) in [5, 5.41) is 95.8. The summed E-state index contributed by atoms with van der Waals surface area (Å²) in [6.45, 7) is 16.9. The second-order valence-corrected chi connectivity index (χ2v) is 23.7. The van der Waals surface area contributed by atoms with Gasteiger partial charge in [-0.3, -0.25) is 4.79 Å². The summed E-state index contributed by atoms with van der Waals surface area (Å²) in [5.74, 6) is -1.14. The SMILES string of the molecule is COC(=O)[C@H]1O[C@@H](O[C@H]2CC[C@]3(C)[C@H]4CC=C5[C@@H]6CC(C)(C)CC[C@]6(C(=O)O[C@@H]6O[C@H](CO)[C@@H](O)[C@H](O)[C@H]6O)CC[C@@]5(C)[C@]4(C)CC[C@H]3C2(C)C)[C@H](O)[C@@H](O)[C@@H]1O[C@@H]1O[C@@H](C)[C@H](O)[C@@H](O)[C@H]1O. The molecule has 0 amide bonds. The van der Waals surface area contributed by atoms with Gasteiger partial charge in [0.2, 0.25) is 6.29 Å². The van der Waals surface area contributed by atoms with Gasteiger partial charge < -0.3 is 79.1 Å². The number of allylic oxidation sites excluding steroid dienone is 2. The van der Waals surface area contributed by atoms with Crippen molar-refractivity contribution in [1.29, 1.82) is 0 Å². The molecule has 382 valence electrons. The molecule has 0 unspecified atom stereocenters. The third-order valence-corrected chi connectivity index (χ3v) is 19.4. The zero-order valence-corrected chi connectivity index (χ0v) is 40.5. The van der Waals surface area contributed by atoms with Crippen molar-refractivity contribution in [2.45, 2.75) is 218 Å². The van der Waals surface area contributed by atoms with Gasteiger partial charge in [0.25, 0.3) is 0 Å². The lowest BCUT2D eigenvalue weighted by Crippen LogP contribution is -2.67. The Morgan fingerprint density at radius 3 is 1.99 bits per heavy atom. The molecular formula is C49H78O18. The first kappa shape index (κ1) is 51.5. The zero-order valence-electron chi connectivity index (χ0n) is 40.5. The van der Waals surface area contributed by atoms with E-state index in [1.54, 1.807) is 0 Å². The number of hydrogen-bond acceptors (Lipinski definition) is 18. The van der Waals surface area contributed by atoms with Crippen LogP contribution in [0.4, 0.5) is 0 Å². The number of esters is 2. The van der Waals surface area contributed by atoms with E-state index in [0.29, 0.717) is 19.3 Å². The number of aliphatic hydroxyl groups is 9. The maximum atomic E-state index is 14.7. The summed E-state index contributed by atoms with van der Waals surface area (Å²) in [7, 11) is 1.14. The molecule has 3 heterocycles. The average molecular weight is 955 g/mol. The molecule has 3 aliphatic heterocycles. The molecule has 3 saturated heterocycles. The van der Waals surface area contributed by atoms with Crippen LogP contribution in [-0.4, -0.2) is 170 Å². The van der Waals surface area contributed by atoms with Crippen molar-refractivity contribution >= 4 is 11.9 Å². The minimum atomic E-state index is -1.77. The largest absolute Gasteiger partial charge is 0.467 e. The van der Waals surface area contributed by atoms with Gasteiger partial charge in [-0.25, -0.2) is 4.79 Å². The molecule has 67 heavy (non-hydrogen) atoms. The van der Waals surface area contributed by atoms with Gasteiger partial charge >= 0.3 is 11.9 Å². The highest BCUT2D eigenvalue weighted by Crippen LogP contribution is 2.76. The van der Waals surface area contributed by atoms with E-state index in [1.807, 2.05) is 0 Å². The maximum Gasteiger partial charge on any atom is 0.337 e. The molecule has 0 aromatic rings. The predicted molar refractivity (Wildman–Crippen MR) is 234 cm³/mol. The first-order chi connectivity index (χ1) is 31.2. The third kappa shape index (κ3) is 8.07. The molecule has 18 heteroatoms. The maximum absolute atomic E-state index is 14.7. The van der Waals surface area contributed by atoms with Crippen LogP contribution in [0.3, 0.4) is 0 Å². The topological polar surface area (TPSA) is 281 Å². The van der Waals surface area contributed by atoms with Gasteiger partial charge in [0.15, 0.2) is 18.7 Å².